The standard InChI is InChI=1S/C17H22N4O6/c1-18-17(24)11-4-3-5-12(11)20-13-7-6-10(8-14(13)21(25)26)16(23)19-9-15(22)27-2/h6-8,11-12,20H,3-5,9H2,1-2H3,(H,18,24)(H,19,23). The van der Waals surface area contributed by atoms with Gasteiger partial charge >= 0.3 is 5.97 Å². The van der Waals surface area contributed by atoms with E-state index >= 15 is 0 Å². The number of esters is 1. The van der Waals surface area contributed by atoms with E-state index in [-0.39, 0.29) is 41.3 Å². The normalized spacial score (nSPS) is 18.4. The van der Waals surface area contributed by atoms with Crippen LogP contribution in [-0.4, -0.2) is 49.5 Å². The minimum atomic E-state index is -0.627. The van der Waals surface area contributed by atoms with Gasteiger partial charge in [0.15, 0.2) is 0 Å². The molecule has 1 aliphatic carbocycles. The summed E-state index contributed by atoms with van der Waals surface area (Å²) in [6, 6.07) is 3.78. The van der Waals surface area contributed by atoms with Gasteiger partial charge in [0.05, 0.1) is 18.0 Å². The van der Waals surface area contributed by atoms with Crippen molar-refractivity contribution < 1.29 is 24.0 Å². The Morgan fingerprint density at radius 3 is 2.67 bits per heavy atom. The predicted octanol–water partition coefficient (Wildman–Crippen LogP) is 0.824. The highest BCUT2D eigenvalue weighted by Crippen LogP contribution is 2.32. The predicted molar refractivity (Wildman–Crippen MR) is 96.3 cm³/mol. The molecule has 0 spiro atoms. The number of amides is 2. The van der Waals surface area contributed by atoms with Crippen LogP contribution in [0.4, 0.5) is 11.4 Å². The van der Waals surface area contributed by atoms with Crippen molar-refractivity contribution in [1.82, 2.24) is 10.6 Å². The SMILES string of the molecule is CNC(=O)C1CCCC1Nc1ccc(C(=O)NCC(=O)OC)cc1[N+](=O)[O-]. The molecule has 1 aromatic carbocycles. The summed E-state index contributed by atoms with van der Waals surface area (Å²) in [6.07, 6.45) is 2.27. The molecule has 10 heteroatoms. The van der Waals surface area contributed by atoms with Crippen molar-refractivity contribution in [2.24, 2.45) is 5.92 Å². The van der Waals surface area contributed by atoms with Gasteiger partial charge in [-0.15, -0.1) is 0 Å². The van der Waals surface area contributed by atoms with E-state index in [0.717, 1.165) is 18.9 Å². The molecule has 2 unspecified atom stereocenters. The number of carbonyl (C=O) groups is 3. The average molecular weight is 378 g/mol. The van der Waals surface area contributed by atoms with Gasteiger partial charge in [0, 0.05) is 24.7 Å². The molecule has 0 radical (unpaired) electrons. The van der Waals surface area contributed by atoms with Gasteiger partial charge in [-0.2, -0.15) is 0 Å². The Morgan fingerprint density at radius 2 is 2.04 bits per heavy atom. The Balaban J connectivity index is 2.18. The van der Waals surface area contributed by atoms with Gasteiger partial charge in [-0.1, -0.05) is 6.42 Å². The lowest BCUT2D eigenvalue weighted by Gasteiger charge is -2.21. The first kappa shape index (κ1) is 20.1. The largest absolute Gasteiger partial charge is 0.468 e. The van der Waals surface area contributed by atoms with Gasteiger partial charge in [0.1, 0.15) is 12.2 Å². The molecular formula is C17H22N4O6. The number of ether oxygens (including phenoxy) is 1. The van der Waals surface area contributed by atoms with Crippen LogP contribution in [-0.2, 0) is 14.3 Å². The van der Waals surface area contributed by atoms with E-state index in [1.807, 2.05) is 0 Å². The molecule has 10 nitrogen and oxygen atoms in total. The van der Waals surface area contributed by atoms with Crippen LogP contribution in [0.2, 0.25) is 0 Å². The van der Waals surface area contributed by atoms with Crippen LogP contribution in [0.15, 0.2) is 18.2 Å². The molecule has 1 aliphatic rings. The number of nitro groups is 1. The highest BCUT2D eigenvalue weighted by Gasteiger charge is 2.33. The van der Waals surface area contributed by atoms with E-state index in [1.54, 1.807) is 7.05 Å². The number of hydrogen-bond acceptors (Lipinski definition) is 7. The Kier molecular flexibility index (Phi) is 6.69. The van der Waals surface area contributed by atoms with Crippen molar-refractivity contribution in [1.29, 1.82) is 0 Å². The van der Waals surface area contributed by atoms with E-state index in [1.165, 1.54) is 19.2 Å². The molecule has 146 valence electrons. The van der Waals surface area contributed by atoms with E-state index in [2.05, 4.69) is 20.7 Å². The number of methoxy groups -OCH3 is 1. The maximum Gasteiger partial charge on any atom is 0.325 e. The molecule has 1 saturated carbocycles. The quantitative estimate of drug-likeness (QED) is 0.362. The lowest BCUT2D eigenvalue weighted by molar-refractivity contribution is -0.384. The van der Waals surface area contributed by atoms with Crippen LogP contribution in [0.5, 0.6) is 0 Å². The van der Waals surface area contributed by atoms with Crippen molar-refractivity contribution in [2.45, 2.75) is 25.3 Å². The van der Waals surface area contributed by atoms with Crippen LogP contribution < -0.4 is 16.0 Å². The third-order valence-electron chi connectivity index (χ3n) is 4.52. The number of benzene rings is 1. The topological polar surface area (TPSA) is 140 Å². The number of carbonyl (C=O) groups excluding carboxylic acids is 3. The van der Waals surface area contributed by atoms with E-state index < -0.39 is 16.8 Å². The van der Waals surface area contributed by atoms with Crippen molar-refractivity contribution in [3.63, 3.8) is 0 Å². The molecule has 1 fully saturated rings. The summed E-state index contributed by atoms with van der Waals surface area (Å²) in [7, 11) is 2.75. The molecule has 27 heavy (non-hydrogen) atoms. The highest BCUT2D eigenvalue weighted by molar-refractivity contribution is 5.97. The van der Waals surface area contributed by atoms with Gasteiger partial charge in [-0.25, -0.2) is 0 Å². The Morgan fingerprint density at radius 1 is 1.30 bits per heavy atom. The number of rotatable bonds is 7. The first-order valence-electron chi connectivity index (χ1n) is 8.49. The first-order chi connectivity index (χ1) is 12.9. The number of anilines is 1. The van der Waals surface area contributed by atoms with E-state index in [9.17, 15) is 24.5 Å². The molecular weight excluding hydrogens is 356 g/mol. The molecule has 1 aromatic rings. The molecule has 2 rings (SSSR count). The average Bonchev–Trinajstić information content (AvgIpc) is 3.13. The minimum absolute atomic E-state index is 0.0467. The fourth-order valence-corrected chi connectivity index (χ4v) is 3.10. The fraction of sp³-hybridized carbons (Fsp3) is 0.471. The van der Waals surface area contributed by atoms with Gasteiger partial charge in [0.25, 0.3) is 11.6 Å². The lowest BCUT2D eigenvalue weighted by atomic mass is 10.0. The lowest BCUT2D eigenvalue weighted by Crippen LogP contribution is -2.36. The number of nitro benzene ring substituents is 1. The van der Waals surface area contributed by atoms with Crippen LogP contribution in [0, 0.1) is 16.0 Å². The van der Waals surface area contributed by atoms with Crippen molar-refractivity contribution >= 4 is 29.2 Å². The van der Waals surface area contributed by atoms with E-state index in [4.69, 9.17) is 0 Å². The van der Waals surface area contributed by atoms with Crippen LogP contribution in [0.1, 0.15) is 29.6 Å². The van der Waals surface area contributed by atoms with Gasteiger partial charge in [-0.05, 0) is 25.0 Å². The Hall–Kier alpha value is -3.17. The summed E-state index contributed by atoms with van der Waals surface area (Å²) in [6.45, 7) is -0.334. The number of nitrogens with one attached hydrogen (secondary N) is 3. The zero-order valence-corrected chi connectivity index (χ0v) is 15.1. The third-order valence-corrected chi connectivity index (χ3v) is 4.52. The summed E-state index contributed by atoms with van der Waals surface area (Å²) in [5.41, 5.74) is 0.0130. The molecule has 2 atom stereocenters. The Labute approximate surface area is 155 Å². The summed E-state index contributed by atoms with van der Waals surface area (Å²) in [5.74, 6) is -1.62. The van der Waals surface area contributed by atoms with Crippen molar-refractivity contribution in [3.05, 3.63) is 33.9 Å². The van der Waals surface area contributed by atoms with Gasteiger partial charge < -0.3 is 20.7 Å². The zero-order valence-electron chi connectivity index (χ0n) is 15.1. The number of hydrogen-bond donors (Lipinski definition) is 3. The molecule has 0 aromatic heterocycles. The maximum absolute atomic E-state index is 12.1. The maximum atomic E-state index is 12.1. The Bertz CT molecular complexity index is 751. The molecule has 0 aliphatic heterocycles. The van der Waals surface area contributed by atoms with Crippen LogP contribution >= 0.6 is 0 Å². The summed E-state index contributed by atoms with van der Waals surface area (Å²) in [5, 5.41) is 19.4. The third kappa shape index (κ3) is 4.93. The highest BCUT2D eigenvalue weighted by atomic mass is 16.6. The van der Waals surface area contributed by atoms with Crippen molar-refractivity contribution in [2.75, 3.05) is 26.0 Å². The van der Waals surface area contributed by atoms with Gasteiger partial charge in [0.2, 0.25) is 5.91 Å². The minimum Gasteiger partial charge on any atom is -0.468 e. The van der Waals surface area contributed by atoms with Gasteiger partial charge in [-0.3, -0.25) is 24.5 Å². The van der Waals surface area contributed by atoms with E-state index in [0.29, 0.717) is 6.42 Å². The monoisotopic (exact) mass is 378 g/mol. The second-order valence-electron chi connectivity index (χ2n) is 6.15. The molecule has 2 amide bonds. The molecule has 0 saturated heterocycles. The van der Waals surface area contributed by atoms with Crippen LogP contribution in [0.25, 0.3) is 0 Å². The summed E-state index contributed by atoms with van der Waals surface area (Å²) >= 11 is 0. The van der Waals surface area contributed by atoms with Crippen molar-refractivity contribution in [3.8, 4) is 0 Å². The summed E-state index contributed by atoms with van der Waals surface area (Å²) < 4.78 is 4.43. The second kappa shape index (κ2) is 8.97. The first-order valence-corrected chi connectivity index (χ1v) is 8.49. The molecule has 0 heterocycles. The zero-order chi connectivity index (χ0) is 20.0. The molecule has 3 N–H and O–H groups in total. The van der Waals surface area contributed by atoms with Crippen LogP contribution in [0.3, 0.4) is 0 Å². The summed E-state index contributed by atoms with van der Waals surface area (Å²) in [4.78, 5) is 45.9. The smallest absolute Gasteiger partial charge is 0.325 e. The molecule has 0 bridgehead atoms. The number of nitrogens with zero attached hydrogens (tertiary/aromatic N) is 1. The fourth-order valence-electron chi connectivity index (χ4n) is 3.10. The second-order valence-corrected chi connectivity index (χ2v) is 6.15.